The molecule has 0 aromatic carbocycles. The zero-order chi connectivity index (χ0) is 2.71. The van der Waals surface area contributed by atoms with E-state index < -0.39 is 0 Å². The number of carbonyl (C=O) groups is 1. The number of hydrogen-bond donors (Lipinski definition) is 0. The lowest BCUT2D eigenvalue weighted by Gasteiger charge is -1.23. The van der Waals surface area contributed by atoms with Gasteiger partial charge in [0.25, 0.3) is 0 Å². The summed E-state index contributed by atoms with van der Waals surface area (Å²) >= 11 is 0. The highest BCUT2D eigenvalue weighted by Gasteiger charge is 1.24. The van der Waals surface area contributed by atoms with Crippen molar-refractivity contribution in [3.8, 4) is 0 Å². The highest BCUT2D eigenvalue weighted by molar-refractivity contribution is 5.44. The maximum Gasteiger partial charge on any atom is 0.116 e. The van der Waals surface area contributed by atoms with E-state index >= 15 is 0 Å². The van der Waals surface area contributed by atoms with Gasteiger partial charge >= 0.3 is 0 Å². The van der Waals surface area contributed by atoms with Crippen LogP contribution in [-0.2, 0) is 4.79 Å². The van der Waals surface area contributed by atoms with E-state index in [9.17, 15) is 0 Å². The molecule has 0 unspecified atom stereocenters. The van der Waals surface area contributed by atoms with Gasteiger partial charge in [-0.3, -0.25) is 0 Å². The van der Waals surface area contributed by atoms with Crippen LogP contribution in [0.2, 0.25) is 0 Å². The van der Waals surface area contributed by atoms with E-state index in [4.69, 9.17) is 4.79 Å². The van der Waals surface area contributed by atoms with Crippen LogP contribution in [0.5, 0.6) is 0 Å². The van der Waals surface area contributed by atoms with Crippen molar-refractivity contribution in [2.24, 2.45) is 0 Å². The van der Waals surface area contributed by atoms with Gasteiger partial charge in [0.15, 0.2) is 0 Å². The van der Waals surface area contributed by atoms with E-state index in [0.717, 1.165) is 6.29 Å². The minimum absolute atomic E-state index is 0. The molecule has 22 valence electrons. The fourth-order valence-electron chi connectivity index (χ4n) is 0. The molecule has 0 heterocycles. The van der Waals surface area contributed by atoms with E-state index in [0.29, 0.717) is 0 Å². The van der Waals surface area contributed by atoms with Crippen molar-refractivity contribution >= 4 is 6.29 Å². The zero-order valence-electron chi connectivity index (χ0n) is 2.49. The maximum absolute atomic E-state index is 8.81. The fraction of sp³-hybridized carbons (Fsp3) is 0.333. The summed E-state index contributed by atoms with van der Waals surface area (Å²) in [6.45, 7) is 1.44. The smallest absolute Gasteiger partial charge is 0.116 e. The summed E-state index contributed by atoms with van der Waals surface area (Å²) in [4.78, 5) is 8.81. The Bertz CT molecular complexity index is 10.8. The molecule has 0 atom stereocenters. The van der Waals surface area contributed by atoms with E-state index in [2.05, 4.69) is 0 Å². The summed E-state index contributed by atoms with van der Waals surface area (Å²) in [7, 11) is 0. The molecular formula is C3H4O. The van der Waals surface area contributed by atoms with Crippen molar-refractivity contribution in [2.75, 3.05) is 0 Å². The zero-order valence-corrected chi connectivity index (χ0v) is 2.49. The SMILES string of the molecule is CC=O.[C]. The van der Waals surface area contributed by atoms with Gasteiger partial charge in [-0.2, -0.15) is 0 Å². The quantitative estimate of drug-likeness (QED) is 0.364. The molecule has 0 aromatic heterocycles. The van der Waals surface area contributed by atoms with Crippen molar-refractivity contribution in [1.29, 1.82) is 0 Å². The van der Waals surface area contributed by atoms with Crippen molar-refractivity contribution in [1.82, 2.24) is 0 Å². The van der Waals surface area contributed by atoms with Crippen LogP contribution in [0.4, 0.5) is 0 Å². The van der Waals surface area contributed by atoms with Gasteiger partial charge in [0.1, 0.15) is 6.29 Å². The Morgan fingerprint density at radius 3 is 1.75 bits per heavy atom. The first kappa shape index (κ1) is 9.38. The van der Waals surface area contributed by atoms with Crippen molar-refractivity contribution in [3.63, 3.8) is 0 Å². The third-order valence-electron chi connectivity index (χ3n) is 0. The number of carbonyl (C=O) groups excluding carboxylic acids is 1. The van der Waals surface area contributed by atoms with Crippen LogP contribution in [-0.4, -0.2) is 6.29 Å². The van der Waals surface area contributed by atoms with Crippen LogP contribution < -0.4 is 0 Å². The molecule has 4 heavy (non-hydrogen) atoms. The summed E-state index contributed by atoms with van der Waals surface area (Å²) < 4.78 is 0. The molecule has 0 aliphatic rings. The van der Waals surface area contributed by atoms with E-state index in [-0.39, 0.29) is 7.43 Å². The molecule has 0 spiro atoms. The first-order valence-electron chi connectivity index (χ1n) is 0.813. The van der Waals surface area contributed by atoms with Crippen LogP contribution >= 0.6 is 0 Å². The second-order valence-corrected chi connectivity index (χ2v) is 0.236. The lowest BCUT2D eigenvalue weighted by molar-refractivity contribution is -0.106. The van der Waals surface area contributed by atoms with Crippen LogP contribution in [0, 0.1) is 7.43 Å². The first-order valence-corrected chi connectivity index (χ1v) is 0.813. The van der Waals surface area contributed by atoms with Gasteiger partial charge in [-0.25, -0.2) is 0 Å². The topological polar surface area (TPSA) is 17.1 Å². The van der Waals surface area contributed by atoms with Crippen molar-refractivity contribution < 1.29 is 4.79 Å². The highest BCUT2D eigenvalue weighted by atomic mass is 16.1. The van der Waals surface area contributed by atoms with E-state index in [1.807, 2.05) is 0 Å². The third-order valence-corrected chi connectivity index (χ3v) is 0. The second kappa shape index (κ2) is 16.6. The van der Waals surface area contributed by atoms with Gasteiger partial charge in [0.05, 0.1) is 0 Å². The Morgan fingerprint density at radius 1 is 1.75 bits per heavy atom. The van der Waals surface area contributed by atoms with Gasteiger partial charge in [0, 0.05) is 7.43 Å². The van der Waals surface area contributed by atoms with E-state index in [1.165, 1.54) is 6.92 Å². The van der Waals surface area contributed by atoms with Crippen LogP contribution in [0.15, 0.2) is 0 Å². The molecule has 0 saturated heterocycles. The largest absolute Gasteiger partial charge is 0.304 e. The predicted octanol–water partition coefficient (Wildman–Crippen LogP) is 0.286. The van der Waals surface area contributed by atoms with Crippen LogP contribution in [0.25, 0.3) is 0 Å². The van der Waals surface area contributed by atoms with Gasteiger partial charge in [0.2, 0.25) is 0 Å². The molecule has 0 fully saturated rings. The van der Waals surface area contributed by atoms with Gasteiger partial charge in [-0.15, -0.1) is 0 Å². The van der Waals surface area contributed by atoms with Crippen molar-refractivity contribution in [3.05, 3.63) is 7.43 Å². The molecular weight excluding hydrogens is 52.0 g/mol. The molecule has 0 N–H and O–H groups in total. The maximum atomic E-state index is 8.81. The summed E-state index contributed by atoms with van der Waals surface area (Å²) in [5.74, 6) is 0. The van der Waals surface area contributed by atoms with Gasteiger partial charge < -0.3 is 4.79 Å². The van der Waals surface area contributed by atoms with E-state index in [1.54, 1.807) is 0 Å². The summed E-state index contributed by atoms with van der Waals surface area (Å²) in [6.07, 6.45) is 0.750. The molecule has 0 aromatic rings. The standard InChI is InChI=1S/C2H4O.C/c1-2-3;/h2H,1H3;. The Hall–Kier alpha value is -0.330. The normalized spacial score (nSPS) is 3.25. The summed E-state index contributed by atoms with van der Waals surface area (Å²) in [6, 6.07) is 0. The molecule has 0 amide bonds. The summed E-state index contributed by atoms with van der Waals surface area (Å²) in [5.41, 5.74) is 0. The molecule has 0 bridgehead atoms. The Kier molecular flexibility index (Phi) is 38.9. The minimum Gasteiger partial charge on any atom is -0.304 e. The summed E-state index contributed by atoms with van der Waals surface area (Å²) in [5, 5.41) is 0. The number of hydrogen-bond acceptors (Lipinski definition) is 1. The Balaban J connectivity index is 0. The third kappa shape index (κ3) is 6.88. The molecule has 1 nitrogen and oxygen atoms in total. The lowest BCUT2D eigenvalue weighted by atomic mass is 11.0. The molecule has 1 heteroatoms. The molecule has 4 radical (unpaired) electrons. The average Bonchev–Trinajstić information content (AvgIpc) is 0.918. The molecule has 0 aliphatic heterocycles. The lowest BCUT2D eigenvalue weighted by Crippen LogP contribution is -1.36. The van der Waals surface area contributed by atoms with Gasteiger partial charge in [-0.05, 0) is 6.92 Å². The molecule has 0 rings (SSSR count). The predicted molar refractivity (Wildman–Crippen MR) is 15.0 cm³/mol. The monoisotopic (exact) mass is 56.0 g/mol. The number of rotatable bonds is 0. The van der Waals surface area contributed by atoms with Crippen LogP contribution in [0.1, 0.15) is 6.92 Å². The van der Waals surface area contributed by atoms with Crippen molar-refractivity contribution in [2.45, 2.75) is 6.92 Å². The minimum atomic E-state index is 0. The highest BCUT2D eigenvalue weighted by Crippen LogP contribution is 1.13. The average molecular weight is 56.1 g/mol. The Labute approximate surface area is 26.6 Å². The van der Waals surface area contributed by atoms with Gasteiger partial charge in [-0.1, -0.05) is 0 Å². The second-order valence-electron chi connectivity index (χ2n) is 0.236. The first-order chi connectivity index (χ1) is 1.41. The number of aldehydes is 1. The Morgan fingerprint density at radius 2 is 1.75 bits per heavy atom. The molecule has 0 saturated carbocycles. The molecule has 0 aliphatic carbocycles. The van der Waals surface area contributed by atoms with Crippen LogP contribution in [0.3, 0.4) is 0 Å². The fourth-order valence-corrected chi connectivity index (χ4v) is 0.